The number of aliphatic imine (C=N–C) groups is 1. The minimum absolute atomic E-state index is 0. The Morgan fingerprint density at radius 2 is 2.04 bits per heavy atom. The SMILES string of the molecule is CCNC(=NCC(C)(C)c1cccc(OC)c1)N1CC(C)C(C(=O)OC)C1.I. The minimum atomic E-state index is -0.141. The van der Waals surface area contributed by atoms with E-state index in [1.54, 1.807) is 7.11 Å². The Balaban J connectivity index is 0.00000392. The van der Waals surface area contributed by atoms with Crippen LogP contribution in [0.4, 0.5) is 0 Å². The summed E-state index contributed by atoms with van der Waals surface area (Å²) in [5.74, 6) is 1.70. The monoisotopic (exact) mass is 503 g/mol. The normalized spacial score (nSPS) is 19.8. The van der Waals surface area contributed by atoms with Crippen LogP contribution in [0.25, 0.3) is 0 Å². The third-order valence-electron chi connectivity index (χ3n) is 5.23. The summed E-state index contributed by atoms with van der Waals surface area (Å²) in [5.41, 5.74) is 1.05. The molecule has 0 amide bonds. The number of nitrogens with zero attached hydrogens (tertiary/aromatic N) is 2. The van der Waals surface area contributed by atoms with Crippen molar-refractivity contribution >= 4 is 35.9 Å². The molecule has 158 valence electrons. The van der Waals surface area contributed by atoms with Gasteiger partial charge in [-0.15, -0.1) is 24.0 Å². The quantitative estimate of drug-likeness (QED) is 0.280. The molecule has 0 saturated carbocycles. The van der Waals surface area contributed by atoms with E-state index in [9.17, 15) is 4.79 Å². The second kappa shape index (κ2) is 10.9. The number of methoxy groups -OCH3 is 2. The van der Waals surface area contributed by atoms with Gasteiger partial charge < -0.3 is 19.7 Å². The zero-order valence-corrected chi connectivity index (χ0v) is 20.2. The van der Waals surface area contributed by atoms with Crippen LogP contribution in [0, 0.1) is 11.8 Å². The maximum atomic E-state index is 12.0. The highest BCUT2D eigenvalue weighted by molar-refractivity contribution is 14.0. The third-order valence-corrected chi connectivity index (χ3v) is 5.23. The van der Waals surface area contributed by atoms with E-state index in [-0.39, 0.29) is 47.2 Å². The summed E-state index contributed by atoms with van der Waals surface area (Å²) < 4.78 is 10.3. The average molecular weight is 503 g/mol. The predicted octanol–water partition coefficient (Wildman–Crippen LogP) is 3.30. The molecule has 2 rings (SSSR count). The molecule has 2 atom stereocenters. The Bertz CT molecular complexity index is 679. The summed E-state index contributed by atoms with van der Waals surface area (Å²) in [6, 6.07) is 8.13. The van der Waals surface area contributed by atoms with Crippen molar-refractivity contribution in [3.05, 3.63) is 29.8 Å². The number of carbonyl (C=O) groups excluding carboxylic acids is 1. The summed E-state index contributed by atoms with van der Waals surface area (Å²) in [6.45, 7) is 11.4. The minimum Gasteiger partial charge on any atom is -0.497 e. The van der Waals surface area contributed by atoms with Crippen molar-refractivity contribution in [3.63, 3.8) is 0 Å². The summed E-state index contributed by atoms with van der Waals surface area (Å²) in [6.07, 6.45) is 0. The molecule has 1 N–H and O–H groups in total. The number of nitrogens with one attached hydrogen (secondary N) is 1. The molecular weight excluding hydrogens is 469 g/mol. The average Bonchev–Trinajstić information content (AvgIpc) is 3.06. The molecule has 1 aliphatic heterocycles. The van der Waals surface area contributed by atoms with E-state index < -0.39 is 0 Å². The van der Waals surface area contributed by atoms with Gasteiger partial charge in [-0.2, -0.15) is 0 Å². The molecule has 7 heteroatoms. The van der Waals surface area contributed by atoms with Gasteiger partial charge in [0.15, 0.2) is 5.96 Å². The summed E-state index contributed by atoms with van der Waals surface area (Å²) >= 11 is 0. The van der Waals surface area contributed by atoms with Gasteiger partial charge in [0.05, 0.1) is 26.7 Å². The first-order valence-corrected chi connectivity index (χ1v) is 9.58. The van der Waals surface area contributed by atoms with Crippen LogP contribution in [-0.2, 0) is 14.9 Å². The van der Waals surface area contributed by atoms with Gasteiger partial charge in [-0.05, 0) is 30.5 Å². The van der Waals surface area contributed by atoms with E-state index in [0.29, 0.717) is 13.1 Å². The Morgan fingerprint density at radius 3 is 2.64 bits per heavy atom. The van der Waals surface area contributed by atoms with Gasteiger partial charge in [0.2, 0.25) is 0 Å². The van der Waals surface area contributed by atoms with Crippen LogP contribution in [-0.4, -0.2) is 57.2 Å². The molecule has 0 bridgehead atoms. The van der Waals surface area contributed by atoms with Crippen molar-refractivity contribution in [2.24, 2.45) is 16.8 Å². The predicted molar refractivity (Wildman–Crippen MR) is 124 cm³/mol. The summed E-state index contributed by atoms with van der Waals surface area (Å²) in [4.78, 5) is 19.0. The first-order chi connectivity index (χ1) is 12.8. The Hall–Kier alpha value is -1.51. The molecule has 1 aliphatic rings. The van der Waals surface area contributed by atoms with E-state index in [0.717, 1.165) is 24.8 Å². The number of benzene rings is 1. The number of hydrogen-bond donors (Lipinski definition) is 1. The first kappa shape index (κ1) is 24.5. The molecular formula is C21H34IN3O3. The highest BCUT2D eigenvalue weighted by Crippen LogP contribution is 2.28. The van der Waals surface area contributed by atoms with Crippen molar-refractivity contribution in [2.45, 2.75) is 33.1 Å². The fourth-order valence-electron chi connectivity index (χ4n) is 3.43. The number of rotatable bonds is 6. The zero-order valence-electron chi connectivity index (χ0n) is 17.8. The van der Waals surface area contributed by atoms with E-state index in [1.165, 1.54) is 12.7 Å². The highest BCUT2D eigenvalue weighted by atomic mass is 127. The molecule has 1 heterocycles. The molecule has 0 aliphatic carbocycles. The van der Waals surface area contributed by atoms with Crippen molar-refractivity contribution in [2.75, 3.05) is 40.4 Å². The molecule has 28 heavy (non-hydrogen) atoms. The van der Waals surface area contributed by atoms with E-state index in [1.807, 2.05) is 12.1 Å². The van der Waals surface area contributed by atoms with Gasteiger partial charge in [-0.3, -0.25) is 9.79 Å². The summed E-state index contributed by atoms with van der Waals surface area (Å²) in [5, 5.41) is 3.37. The van der Waals surface area contributed by atoms with Crippen LogP contribution in [0.5, 0.6) is 5.75 Å². The molecule has 6 nitrogen and oxygen atoms in total. The summed E-state index contributed by atoms with van der Waals surface area (Å²) in [7, 11) is 3.13. The number of esters is 1. The molecule has 1 aromatic carbocycles. The molecule has 0 radical (unpaired) electrons. The largest absolute Gasteiger partial charge is 0.497 e. The van der Waals surface area contributed by atoms with Crippen LogP contribution < -0.4 is 10.1 Å². The lowest BCUT2D eigenvalue weighted by molar-refractivity contribution is -0.145. The van der Waals surface area contributed by atoms with E-state index >= 15 is 0 Å². The number of ether oxygens (including phenoxy) is 2. The van der Waals surface area contributed by atoms with Crippen LogP contribution in [0.2, 0.25) is 0 Å². The first-order valence-electron chi connectivity index (χ1n) is 9.58. The van der Waals surface area contributed by atoms with Crippen molar-refractivity contribution in [1.82, 2.24) is 10.2 Å². The number of guanidine groups is 1. The van der Waals surface area contributed by atoms with E-state index in [2.05, 4.69) is 50.0 Å². The van der Waals surface area contributed by atoms with E-state index in [4.69, 9.17) is 14.5 Å². The smallest absolute Gasteiger partial charge is 0.310 e. The molecule has 1 fully saturated rings. The lowest BCUT2D eigenvalue weighted by Gasteiger charge is -2.26. The lowest BCUT2D eigenvalue weighted by atomic mass is 9.84. The third kappa shape index (κ3) is 5.99. The maximum Gasteiger partial charge on any atom is 0.310 e. The standard InChI is InChI=1S/C21H33N3O3.HI/c1-7-22-20(24-12-15(2)18(13-24)19(25)27-6)23-14-21(3,4)16-9-8-10-17(11-16)26-5;/h8-11,15,18H,7,12-14H2,1-6H3,(H,22,23);1H. The van der Waals surface area contributed by atoms with Gasteiger partial charge in [0, 0.05) is 25.0 Å². The van der Waals surface area contributed by atoms with Gasteiger partial charge in [0.1, 0.15) is 5.75 Å². The van der Waals surface area contributed by atoms with Crippen molar-refractivity contribution < 1.29 is 14.3 Å². The lowest BCUT2D eigenvalue weighted by Crippen LogP contribution is -2.41. The second-order valence-electron chi connectivity index (χ2n) is 7.80. The molecule has 1 saturated heterocycles. The van der Waals surface area contributed by atoms with Gasteiger partial charge in [0.25, 0.3) is 0 Å². The zero-order chi connectivity index (χ0) is 20.0. The van der Waals surface area contributed by atoms with Crippen molar-refractivity contribution in [1.29, 1.82) is 0 Å². The number of hydrogen-bond acceptors (Lipinski definition) is 4. The second-order valence-corrected chi connectivity index (χ2v) is 7.80. The van der Waals surface area contributed by atoms with Crippen LogP contribution in [0.3, 0.4) is 0 Å². The fraction of sp³-hybridized carbons (Fsp3) is 0.619. The molecule has 0 spiro atoms. The van der Waals surface area contributed by atoms with Crippen molar-refractivity contribution in [3.8, 4) is 5.75 Å². The maximum absolute atomic E-state index is 12.0. The molecule has 0 aromatic heterocycles. The van der Waals surface area contributed by atoms with Gasteiger partial charge in [-0.1, -0.05) is 32.9 Å². The molecule has 2 unspecified atom stereocenters. The Kier molecular flexibility index (Phi) is 9.53. The fourth-order valence-corrected chi connectivity index (χ4v) is 3.43. The number of carbonyl (C=O) groups is 1. The topological polar surface area (TPSA) is 63.2 Å². The number of likely N-dealkylation sites (tertiary alicyclic amines) is 1. The number of halogens is 1. The van der Waals surface area contributed by atoms with Crippen LogP contribution in [0.15, 0.2) is 29.3 Å². The highest BCUT2D eigenvalue weighted by Gasteiger charge is 2.37. The molecule has 1 aromatic rings. The van der Waals surface area contributed by atoms with Gasteiger partial charge >= 0.3 is 5.97 Å². The van der Waals surface area contributed by atoms with Crippen LogP contribution >= 0.6 is 24.0 Å². The Labute approximate surface area is 186 Å². The van der Waals surface area contributed by atoms with Gasteiger partial charge in [-0.25, -0.2) is 0 Å². The Morgan fingerprint density at radius 1 is 1.32 bits per heavy atom. The van der Waals surface area contributed by atoms with Crippen LogP contribution in [0.1, 0.15) is 33.3 Å².